The number of fused-ring (bicyclic) bond motifs is 1. The molecule has 10 heteroatoms. The van der Waals surface area contributed by atoms with E-state index >= 15 is 0 Å². The van der Waals surface area contributed by atoms with Crippen LogP contribution in [-0.4, -0.2) is 121 Å². The minimum absolute atomic E-state index is 0.000611. The number of nitrogens with zero attached hydrogens (tertiary/aromatic N) is 3. The fourth-order valence-electron chi connectivity index (χ4n) is 11.8. The van der Waals surface area contributed by atoms with Gasteiger partial charge in [0.1, 0.15) is 6.04 Å². The maximum absolute atomic E-state index is 13.3. The second kappa shape index (κ2) is 18.9. The molecule has 0 aromatic heterocycles. The fourth-order valence-corrected chi connectivity index (χ4v) is 11.8. The first-order valence-electron chi connectivity index (χ1n) is 22.2. The number of aliphatic hydroxyl groups is 1. The molecule has 0 radical (unpaired) electrons. The summed E-state index contributed by atoms with van der Waals surface area (Å²) in [5, 5.41) is 16.5. The number of carbonyl (C=O) groups excluding carboxylic acids is 3. The molecule has 4 aliphatic carbocycles. The van der Waals surface area contributed by atoms with Crippen LogP contribution in [0.1, 0.15) is 129 Å². The molecule has 7 aliphatic rings. The lowest BCUT2D eigenvalue weighted by Gasteiger charge is -2.40. The molecular weight excluding hydrogens is 667 g/mol. The molecule has 10 nitrogen and oxygen atoms in total. The van der Waals surface area contributed by atoms with Crippen LogP contribution in [-0.2, 0) is 19.1 Å². The SMILES string of the molecule is CC/C(=C(\C1CCC(O)CC1)C1CCC(OCCN2CCN(CCNC3CCCC4C(=O)N(C5CCC(=O)NC5=O)CC34)CC2)CC1)C1CCCCC1. The molecule has 4 saturated carbocycles. The van der Waals surface area contributed by atoms with Crippen LogP contribution in [0.25, 0.3) is 0 Å². The molecule has 0 aromatic carbocycles. The van der Waals surface area contributed by atoms with Gasteiger partial charge in [-0.2, -0.15) is 0 Å². The molecule has 3 heterocycles. The van der Waals surface area contributed by atoms with Crippen LogP contribution in [0.2, 0.25) is 0 Å². The first kappa shape index (κ1) is 39.4. The van der Waals surface area contributed by atoms with Crippen molar-refractivity contribution in [2.75, 3.05) is 59.0 Å². The molecule has 7 fully saturated rings. The van der Waals surface area contributed by atoms with Gasteiger partial charge < -0.3 is 20.1 Å². The topological polar surface area (TPSA) is 114 Å². The van der Waals surface area contributed by atoms with E-state index in [2.05, 4.69) is 27.4 Å². The highest BCUT2D eigenvalue weighted by molar-refractivity contribution is 6.02. The molecule has 3 saturated heterocycles. The first-order valence-corrected chi connectivity index (χ1v) is 22.2. The van der Waals surface area contributed by atoms with Gasteiger partial charge in [0, 0.05) is 76.7 Å². The van der Waals surface area contributed by atoms with Gasteiger partial charge in [0.15, 0.2) is 0 Å². The van der Waals surface area contributed by atoms with Gasteiger partial charge in [-0.15, -0.1) is 0 Å². The number of aliphatic hydroxyl groups excluding tert-OH is 1. The van der Waals surface area contributed by atoms with E-state index in [0.717, 1.165) is 96.4 Å². The number of nitrogens with one attached hydrogen (secondary N) is 2. The Balaban J connectivity index is 0.799. The van der Waals surface area contributed by atoms with Gasteiger partial charge in [0.2, 0.25) is 17.7 Å². The number of hydrogen-bond acceptors (Lipinski definition) is 8. The highest BCUT2D eigenvalue weighted by Crippen LogP contribution is 2.46. The number of allylic oxidation sites excluding steroid dienone is 2. The Morgan fingerprint density at radius 3 is 2.13 bits per heavy atom. The van der Waals surface area contributed by atoms with E-state index in [-0.39, 0.29) is 35.7 Å². The van der Waals surface area contributed by atoms with Gasteiger partial charge in [-0.05, 0) is 108 Å². The Bertz CT molecular complexity index is 1260. The second-order valence-electron chi connectivity index (χ2n) is 17.9. The molecule has 3 amide bonds. The average molecular weight is 738 g/mol. The number of likely N-dealkylation sites (tertiary alicyclic amines) is 1. The number of imide groups is 1. The van der Waals surface area contributed by atoms with Crippen molar-refractivity contribution < 1.29 is 24.2 Å². The smallest absolute Gasteiger partial charge is 0.249 e. The number of piperazine rings is 1. The zero-order chi connectivity index (χ0) is 36.7. The van der Waals surface area contributed by atoms with Gasteiger partial charge in [-0.25, -0.2) is 0 Å². The summed E-state index contributed by atoms with van der Waals surface area (Å²) in [6.07, 6.45) is 21.6. The van der Waals surface area contributed by atoms with Crippen molar-refractivity contribution in [2.45, 2.75) is 153 Å². The maximum Gasteiger partial charge on any atom is 0.249 e. The number of hydrogen-bond donors (Lipinski definition) is 3. The molecule has 7 rings (SSSR count). The third kappa shape index (κ3) is 9.76. The van der Waals surface area contributed by atoms with Crippen molar-refractivity contribution in [3.05, 3.63) is 11.1 Å². The van der Waals surface area contributed by atoms with Gasteiger partial charge in [0.25, 0.3) is 0 Å². The van der Waals surface area contributed by atoms with E-state index in [1.54, 1.807) is 4.90 Å². The van der Waals surface area contributed by atoms with Crippen molar-refractivity contribution in [3.63, 3.8) is 0 Å². The number of amides is 3. The minimum atomic E-state index is -0.494. The maximum atomic E-state index is 13.3. The quantitative estimate of drug-likeness (QED) is 0.178. The Labute approximate surface area is 319 Å². The molecular formula is C43H71N5O5. The van der Waals surface area contributed by atoms with Crippen molar-refractivity contribution in [2.24, 2.45) is 29.6 Å². The molecule has 53 heavy (non-hydrogen) atoms. The summed E-state index contributed by atoms with van der Waals surface area (Å²) in [4.78, 5) is 44.4. The Morgan fingerprint density at radius 2 is 1.45 bits per heavy atom. The molecule has 0 spiro atoms. The van der Waals surface area contributed by atoms with E-state index < -0.39 is 6.04 Å². The van der Waals surface area contributed by atoms with Gasteiger partial charge in [0.05, 0.1) is 18.8 Å². The Kier molecular flexibility index (Phi) is 14.0. The van der Waals surface area contributed by atoms with Crippen LogP contribution in [0.4, 0.5) is 0 Å². The normalized spacial score (nSPS) is 36.0. The summed E-state index contributed by atoms with van der Waals surface area (Å²) in [5.41, 5.74) is 3.68. The van der Waals surface area contributed by atoms with Crippen molar-refractivity contribution in [1.29, 1.82) is 0 Å². The van der Waals surface area contributed by atoms with Crippen LogP contribution in [0, 0.1) is 29.6 Å². The molecule has 298 valence electrons. The summed E-state index contributed by atoms with van der Waals surface area (Å²) in [7, 11) is 0. The molecule has 0 aromatic rings. The third-order valence-corrected chi connectivity index (χ3v) is 14.8. The third-order valence-electron chi connectivity index (χ3n) is 14.8. The summed E-state index contributed by atoms with van der Waals surface area (Å²) in [6, 6.07) is -0.189. The van der Waals surface area contributed by atoms with Crippen LogP contribution in [0.15, 0.2) is 11.1 Å². The lowest BCUT2D eigenvalue weighted by atomic mass is 9.68. The first-order chi connectivity index (χ1) is 25.9. The highest BCUT2D eigenvalue weighted by atomic mass is 16.5. The van der Waals surface area contributed by atoms with Crippen LogP contribution in [0.5, 0.6) is 0 Å². The van der Waals surface area contributed by atoms with Crippen LogP contribution < -0.4 is 10.6 Å². The Morgan fingerprint density at radius 1 is 0.774 bits per heavy atom. The van der Waals surface area contributed by atoms with Gasteiger partial charge in [-0.3, -0.25) is 29.5 Å². The van der Waals surface area contributed by atoms with Gasteiger partial charge in [-0.1, -0.05) is 43.8 Å². The average Bonchev–Trinajstić information content (AvgIpc) is 3.52. The lowest BCUT2D eigenvalue weighted by molar-refractivity contribution is -0.144. The second-order valence-corrected chi connectivity index (χ2v) is 17.9. The van der Waals surface area contributed by atoms with E-state index in [4.69, 9.17) is 4.74 Å². The van der Waals surface area contributed by atoms with Crippen molar-refractivity contribution in [1.82, 2.24) is 25.3 Å². The minimum Gasteiger partial charge on any atom is -0.393 e. The summed E-state index contributed by atoms with van der Waals surface area (Å²) < 4.78 is 6.56. The predicted octanol–water partition coefficient (Wildman–Crippen LogP) is 5.04. The van der Waals surface area contributed by atoms with E-state index in [1.807, 2.05) is 11.1 Å². The van der Waals surface area contributed by atoms with Gasteiger partial charge >= 0.3 is 0 Å². The fraction of sp³-hybridized carbons (Fsp3) is 0.884. The van der Waals surface area contributed by atoms with Crippen LogP contribution in [0.3, 0.4) is 0 Å². The molecule has 4 unspecified atom stereocenters. The van der Waals surface area contributed by atoms with E-state index in [0.29, 0.717) is 37.5 Å². The highest BCUT2D eigenvalue weighted by Gasteiger charge is 2.49. The molecule has 3 N–H and O–H groups in total. The van der Waals surface area contributed by atoms with E-state index in [9.17, 15) is 19.5 Å². The number of rotatable bonds is 13. The van der Waals surface area contributed by atoms with E-state index in [1.165, 1.54) is 77.0 Å². The number of ether oxygens (including phenoxy) is 1. The number of carbonyl (C=O) groups is 3. The van der Waals surface area contributed by atoms with Crippen molar-refractivity contribution >= 4 is 17.7 Å². The number of piperidine rings is 1. The van der Waals surface area contributed by atoms with Crippen molar-refractivity contribution in [3.8, 4) is 0 Å². The summed E-state index contributed by atoms with van der Waals surface area (Å²) in [6.45, 7) is 11.2. The zero-order valence-electron chi connectivity index (χ0n) is 32.9. The summed E-state index contributed by atoms with van der Waals surface area (Å²) >= 11 is 0. The zero-order valence-corrected chi connectivity index (χ0v) is 32.9. The molecule has 3 aliphatic heterocycles. The largest absolute Gasteiger partial charge is 0.393 e. The Hall–Kier alpha value is -1.85. The molecule has 4 atom stereocenters. The van der Waals surface area contributed by atoms with Crippen LogP contribution >= 0.6 is 0 Å². The predicted molar refractivity (Wildman–Crippen MR) is 207 cm³/mol. The molecule has 0 bridgehead atoms. The lowest BCUT2D eigenvalue weighted by Crippen LogP contribution is -2.53. The monoisotopic (exact) mass is 738 g/mol. The summed E-state index contributed by atoms with van der Waals surface area (Å²) in [5.74, 6) is 2.05. The standard InChI is InChI=1S/C43H71N5O5/c1-2-35(30-7-4-3-5-8-30)41(31-11-15-33(49)16-12-31)32-13-17-34(18-14-32)53-28-27-47-25-23-46(24-26-47)22-21-44-38-10-6-9-36-37(38)29-48(43(36)52)39-19-20-40(50)45-42(39)51/h30-34,36-39,44,49H,2-29H2,1H3,(H,45,50,51)/b41-35-.